The van der Waals surface area contributed by atoms with Crippen molar-refractivity contribution in [1.29, 1.82) is 0 Å². The molecule has 0 aliphatic carbocycles. The SMILES string of the molecule is C[Si]CN(C)C(=NCCC(F)(F)F)N(C)C. The molecule has 0 aliphatic heterocycles. The molecule has 0 amide bonds. The number of alkyl halides is 3. The van der Waals surface area contributed by atoms with Crippen LogP contribution in [0.15, 0.2) is 4.99 Å². The van der Waals surface area contributed by atoms with Crippen LogP contribution in [0.3, 0.4) is 0 Å². The van der Waals surface area contributed by atoms with Gasteiger partial charge in [0.15, 0.2) is 5.96 Å². The molecule has 0 bridgehead atoms. The summed E-state index contributed by atoms with van der Waals surface area (Å²) in [7, 11) is 6.11. The lowest BCUT2D eigenvalue weighted by Gasteiger charge is -2.26. The highest BCUT2D eigenvalue weighted by atomic mass is 28.2. The van der Waals surface area contributed by atoms with E-state index in [1.54, 1.807) is 19.0 Å². The van der Waals surface area contributed by atoms with E-state index in [4.69, 9.17) is 0 Å². The van der Waals surface area contributed by atoms with Gasteiger partial charge in [-0.1, -0.05) is 6.55 Å². The van der Waals surface area contributed by atoms with Gasteiger partial charge in [0, 0.05) is 27.3 Å². The molecule has 16 heavy (non-hydrogen) atoms. The first-order valence-electron chi connectivity index (χ1n) is 4.92. The van der Waals surface area contributed by atoms with Crippen LogP contribution in [0.4, 0.5) is 13.2 Å². The molecule has 0 heterocycles. The Morgan fingerprint density at radius 3 is 2.19 bits per heavy atom. The second kappa shape index (κ2) is 6.77. The molecule has 0 saturated heterocycles. The Labute approximate surface area is 97.1 Å². The van der Waals surface area contributed by atoms with E-state index in [1.165, 1.54) is 0 Å². The van der Waals surface area contributed by atoms with Crippen molar-refractivity contribution in [2.75, 3.05) is 33.9 Å². The Hall–Kier alpha value is -0.723. The standard InChI is InChI=1S/C9H18F3N3Si/c1-14(2)8(15(3)7-16-4)13-6-5-9(10,11)12/h5-7H2,1-4H3. The van der Waals surface area contributed by atoms with Gasteiger partial charge in [-0.15, -0.1) is 0 Å². The first kappa shape index (κ1) is 15.3. The van der Waals surface area contributed by atoms with Gasteiger partial charge in [-0.25, -0.2) is 0 Å². The van der Waals surface area contributed by atoms with Crippen molar-refractivity contribution >= 4 is 15.5 Å². The molecule has 0 rings (SSSR count). The van der Waals surface area contributed by atoms with Crippen LogP contribution < -0.4 is 0 Å². The predicted octanol–water partition coefficient (Wildman–Crippen LogP) is 1.50. The van der Waals surface area contributed by atoms with Gasteiger partial charge in [-0.3, -0.25) is 4.99 Å². The maximum Gasteiger partial charge on any atom is 0.390 e. The molecule has 0 aromatic heterocycles. The fourth-order valence-corrected chi connectivity index (χ4v) is 1.81. The van der Waals surface area contributed by atoms with E-state index in [2.05, 4.69) is 4.99 Å². The fraction of sp³-hybridized carbons (Fsp3) is 0.889. The number of nitrogens with zero attached hydrogens (tertiary/aromatic N) is 3. The minimum atomic E-state index is -4.13. The van der Waals surface area contributed by atoms with Gasteiger partial charge >= 0.3 is 6.18 Å². The van der Waals surface area contributed by atoms with Crippen LogP contribution in [0.5, 0.6) is 0 Å². The zero-order chi connectivity index (χ0) is 12.8. The second-order valence-electron chi connectivity index (χ2n) is 3.65. The summed E-state index contributed by atoms with van der Waals surface area (Å²) in [5.41, 5.74) is 0. The summed E-state index contributed by atoms with van der Waals surface area (Å²) >= 11 is 0. The molecule has 0 aromatic rings. The molecular formula is C9H18F3N3Si. The topological polar surface area (TPSA) is 18.8 Å². The Bertz CT molecular complexity index is 229. The first-order chi connectivity index (χ1) is 7.28. The summed E-state index contributed by atoms with van der Waals surface area (Å²) in [6.07, 6.45) is -4.19. The van der Waals surface area contributed by atoms with E-state index < -0.39 is 12.6 Å². The minimum absolute atomic E-state index is 0.214. The van der Waals surface area contributed by atoms with Crippen molar-refractivity contribution in [2.45, 2.75) is 19.1 Å². The van der Waals surface area contributed by atoms with Crippen LogP contribution in [-0.2, 0) is 0 Å². The number of guanidine groups is 1. The molecule has 2 radical (unpaired) electrons. The highest BCUT2D eigenvalue weighted by molar-refractivity contribution is 6.34. The third kappa shape index (κ3) is 6.70. The second-order valence-corrected chi connectivity index (χ2v) is 4.67. The van der Waals surface area contributed by atoms with Crippen molar-refractivity contribution in [2.24, 2.45) is 4.99 Å². The van der Waals surface area contributed by atoms with Crippen LogP contribution in [-0.4, -0.2) is 65.3 Å². The van der Waals surface area contributed by atoms with Crippen LogP contribution >= 0.6 is 0 Å². The Morgan fingerprint density at radius 2 is 1.81 bits per heavy atom. The van der Waals surface area contributed by atoms with E-state index in [-0.39, 0.29) is 6.54 Å². The summed E-state index contributed by atoms with van der Waals surface area (Å²) in [6.45, 7) is 1.83. The van der Waals surface area contributed by atoms with E-state index >= 15 is 0 Å². The molecule has 0 unspecified atom stereocenters. The van der Waals surface area contributed by atoms with Crippen molar-refractivity contribution < 1.29 is 13.2 Å². The number of hydrogen-bond donors (Lipinski definition) is 0. The van der Waals surface area contributed by atoms with Gasteiger partial charge in [0.1, 0.15) is 0 Å². The smallest absolute Gasteiger partial charge is 0.349 e. The molecule has 94 valence electrons. The highest BCUT2D eigenvalue weighted by Gasteiger charge is 2.26. The van der Waals surface area contributed by atoms with E-state index in [1.807, 2.05) is 18.5 Å². The lowest BCUT2D eigenvalue weighted by Crippen LogP contribution is -2.40. The molecule has 0 N–H and O–H groups in total. The van der Waals surface area contributed by atoms with Crippen LogP contribution in [0.25, 0.3) is 0 Å². The molecule has 0 fully saturated rings. The van der Waals surface area contributed by atoms with Crippen LogP contribution in [0.1, 0.15) is 6.42 Å². The maximum atomic E-state index is 12.0. The van der Waals surface area contributed by atoms with Gasteiger partial charge in [-0.2, -0.15) is 13.2 Å². The lowest BCUT2D eigenvalue weighted by atomic mass is 10.4. The number of aliphatic imine (C=N–C) groups is 1. The van der Waals surface area contributed by atoms with E-state index in [9.17, 15) is 13.2 Å². The van der Waals surface area contributed by atoms with Gasteiger partial charge in [0.25, 0.3) is 0 Å². The van der Waals surface area contributed by atoms with Crippen molar-refractivity contribution in [3.05, 3.63) is 0 Å². The molecule has 0 saturated carbocycles. The zero-order valence-corrected chi connectivity index (χ0v) is 11.1. The summed E-state index contributed by atoms with van der Waals surface area (Å²) in [4.78, 5) is 7.58. The monoisotopic (exact) mass is 253 g/mol. The maximum absolute atomic E-state index is 12.0. The third-order valence-electron chi connectivity index (χ3n) is 1.79. The molecule has 7 heteroatoms. The third-order valence-corrected chi connectivity index (χ3v) is 2.58. The normalized spacial score (nSPS) is 12.8. The average molecular weight is 253 g/mol. The fourth-order valence-electron chi connectivity index (χ4n) is 1.19. The predicted molar refractivity (Wildman–Crippen MR) is 60.9 cm³/mol. The molecular weight excluding hydrogens is 235 g/mol. The number of hydrogen-bond acceptors (Lipinski definition) is 1. The molecule has 0 spiro atoms. The summed E-state index contributed by atoms with van der Waals surface area (Å²) in [6, 6.07) is 0. The molecule has 0 aromatic carbocycles. The lowest BCUT2D eigenvalue weighted by molar-refractivity contribution is -0.132. The Kier molecular flexibility index (Phi) is 6.47. The largest absolute Gasteiger partial charge is 0.390 e. The minimum Gasteiger partial charge on any atom is -0.349 e. The van der Waals surface area contributed by atoms with Crippen LogP contribution in [0, 0.1) is 0 Å². The molecule has 3 nitrogen and oxygen atoms in total. The van der Waals surface area contributed by atoms with Gasteiger partial charge in [0.05, 0.1) is 22.5 Å². The molecule has 0 atom stereocenters. The van der Waals surface area contributed by atoms with E-state index in [0.29, 0.717) is 15.5 Å². The van der Waals surface area contributed by atoms with Crippen molar-refractivity contribution in [3.8, 4) is 0 Å². The number of halogens is 3. The first-order valence-corrected chi connectivity index (χ1v) is 6.63. The molecule has 0 aliphatic rings. The van der Waals surface area contributed by atoms with Gasteiger partial charge in [-0.05, 0) is 0 Å². The quantitative estimate of drug-likeness (QED) is 0.429. The number of rotatable bonds is 4. The summed E-state index contributed by atoms with van der Waals surface area (Å²) in [5, 5.41) is 0. The highest BCUT2D eigenvalue weighted by Crippen LogP contribution is 2.19. The van der Waals surface area contributed by atoms with Gasteiger partial charge < -0.3 is 9.80 Å². The van der Waals surface area contributed by atoms with Crippen molar-refractivity contribution in [3.63, 3.8) is 0 Å². The zero-order valence-electron chi connectivity index (χ0n) is 10.1. The van der Waals surface area contributed by atoms with E-state index in [0.717, 1.165) is 6.17 Å². The summed E-state index contributed by atoms with van der Waals surface area (Å²) < 4.78 is 35.9. The average Bonchev–Trinajstić information content (AvgIpc) is 2.10. The summed E-state index contributed by atoms with van der Waals surface area (Å²) in [5.74, 6) is 0.596. The van der Waals surface area contributed by atoms with Crippen molar-refractivity contribution in [1.82, 2.24) is 9.80 Å². The Morgan fingerprint density at radius 1 is 1.25 bits per heavy atom. The Balaban J connectivity index is 4.36. The van der Waals surface area contributed by atoms with Crippen LogP contribution in [0.2, 0.25) is 6.55 Å². The van der Waals surface area contributed by atoms with Gasteiger partial charge in [0.2, 0.25) is 0 Å².